The summed E-state index contributed by atoms with van der Waals surface area (Å²) in [4.78, 5) is 12.5. The zero-order valence-electron chi connectivity index (χ0n) is 15.1. The monoisotopic (exact) mass is 470 g/mol. The van der Waals surface area contributed by atoms with Crippen LogP contribution in [0.15, 0.2) is 36.4 Å². The lowest BCUT2D eigenvalue weighted by Crippen LogP contribution is -2.24. The van der Waals surface area contributed by atoms with Crippen LogP contribution in [0.2, 0.25) is 10.0 Å². The van der Waals surface area contributed by atoms with E-state index in [9.17, 15) is 4.79 Å². The lowest BCUT2D eigenvalue weighted by Gasteiger charge is -2.17. The van der Waals surface area contributed by atoms with Crippen molar-refractivity contribution in [2.75, 3.05) is 11.9 Å². The van der Waals surface area contributed by atoms with Crippen LogP contribution in [-0.4, -0.2) is 22.6 Å². The predicted octanol–water partition coefficient (Wildman–Crippen LogP) is 4.74. The highest BCUT2D eigenvalue weighted by Gasteiger charge is 2.15. The molecule has 29 heavy (non-hydrogen) atoms. The van der Waals surface area contributed by atoms with Gasteiger partial charge in [-0.25, -0.2) is 0 Å². The van der Waals surface area contributed by atoms with Crippen LogP contribution in [-0.2, 0) is 19.6 Å². The van der Waals surface area contributed by atoms with Gasteiger partial charge in [0.15, 0.2) is 5.01 Å². The van der Waals surface area contributed by atoms with Gasteiger partial charge in [0.05, 0.1) is 5.02 Å². The van der Waals surface area contributed by atoms with E-state index >= 15 is 0 Å². The Hall–Kier alpha value is -1.90. The summed E-state index contributed by atoms with van der Waals surface area (Å²) in [5.74, 6) is 0.265. The molecule has 0 saturated heterocycles. The third-order valence-corrected chi connectivity index (χ3v) is 5.65. The molecule has 0 fully saturated rings. The number of rotatable bonds is 5. The minimum Gasteiger partial charge on any atom is -0.485 e. The maximum Gasteiger partial charge on any atom is 0.257 e. The molecule has 3 aromatic rings. The quantitative estimate of drug-likeness (QED) is 0.562. The lowest BCUT2D eigenvalue weighted by atomic mass is 9.98. The average molecular weight is 472 g/mol. The van der Waals surface area contributed by atoms with Crippen LogP contribution >= 0.6 is 46.9 Å². The van der Waals surface area contributed by atoms with Gasteiger partial charge in [0.2, 0.25) is 5.13 Å². The summed E-state index contributed by atoms with van der Waals surface area (Å²) in [7, 11) is 0. The number of carbonyl (C=O) groups excluding carboxylic acids is 1. The maximum absolute atomic E-state index is 12.5. The Morgan fingerprint density at radius 2 is 2.03 bits per heavy atom. The van der Waals surface area contributed by atoms with Crippen LogP contribution in [0.4, 0.5) is 5.13 Å². The van der Waals surface area contributed by atoms with Crippen molar-refractivity contribution >= 4 is 58.0 Å². The van der Waals surface area contributed by atoms with Crippen LogP contribution in [0.1, 0.15) is 26.5 Å². The molecule has 0 unspecified atom stereocenters. The van der Waals surface area contributed by atoms with Crippen LogP contribution in [0.5, 0.6) is 5.75 Å². The molecule has 0 spiro atoms. The summed E-state index contributed by atoms with van der Waals surface area (Å²) in [5.41, 5.74) is 3.05. The number of ether oxygens (including phenoxy) is 1. The molecule has 1 aliphatic rings. The molecule has 0 aliphatic carbocycles. The van der Waals surface area contributed by atoms with E-state index in [-0.39, 0.29) is 24.9 Å². The second kappa shape index (κ2) is 9.73. The maximum atomic E-state index is 12.5. The number of fused-ring (bicyclic) bond motifs is 1. The number of anilines is 1. The number of carbonyl (C=O) groups is 1. The molecule has 10 heteroatoms. The number of halogens is 3. The first kappa shape index (κ1) is 21.8. The molecular formula is C19H17Cl3N4O2S. The zero-order chi connectivity index (χ0) is 19.5. The van der Waals surface area contributed by atoms with Crippen LogP contribution < -0.4 is 15.4 Å². The molecule has 2 N–H and O–H groups in total. The van der Waals surface area contributed by atoms with Gasteiger partial charge in [0.25, 0.3) is 5.91 Å². The molecule has 0 radical (unpaired) electrons. The predicted molar refractivity (Wildman–Crippen MR) is 118 cm³/mol. The fraction of sp³-hybridized carbons (Fsp3) is 0.211. The summed E-state index contributed by atoms with van der Waals surface area (Å²) in [6.45, 7) is 1.95. The van der Waals surface area contributed by atoms with Crippen molar-refractivity contribution in [3.8, 4) is 5.75 Å². The van der Waals surface area contributed by atoms with Gasteiger partial charge in [0.1, 0.15) is 12.4 Å². The molecule has 2 aromatic carbocycles. The first-order valence-corrected chi connectivity index (χ1v) is 10.2. The Kier molecular flexibility index (Phi) is 7.32. The molecule has 6 nitrogen and oxygen atoms in total. The van der Waals surface area contributed by atoms with E-state index in [1.54, 1.807) is 18.2 Å². The molecule has 152 valence electrons. The Balaban J connectivity index is 0.00000240. The fourth-order valence-corrected chi connectivity index (χ4v) is 3.86. The SMILES string of the molecule is Cl.O=C(Nc1nnc(COc2cc(Cl)ccc2Cl)s1)c1ccc2c(c1)CCNC2. The fourth-order valence-electron chi connectivity index (χ4n) is 2.88. The molecular weight excluding hydrogens is 455 g/mol. The van der Waals surface area contributed by atoms with Gasteiger partial charge >= 0.3 is 0 Å². The molecule has 4 rings (SSSR count). The van der Waals surface area contributed by atoms with Gasteiger partial charge in [-0.1, -0.05) is 40.6 Å². The van der Waals surface area contributed by atoms with Gasteiger partial charge in [-0.3, -0.25) is 10.1 Å². The highest BCUT2D eigenvalue weighted by atomic mass is 35.5. The van der Waals surface area contributed by atoms with Gasteiger partial charge < -0.3 is 10.1 Å². The van der Waals surface area contributed by atoms with E-state index in [1.807, 2.05) is 18.2 Å². The van der Waals surface area contributed by atoms with Crippen molar-refractivity contribution in [2.45, 2.75) is 19.6 Å². The van der Waals surface area contributed by atoms with Gasteiger partial charge in [0, 0.05) is 23.2 Å². The van der Waals surface area contributed by atoms with Crippen molar-refractivity contribution in [1.29, 1.82) is 0 Å². The summed E-state index contributed by atoms with van der Waals surface area (Å²) < 4.78 is 5.64. The van der Waals surface area contributed by atoms with E-state index in [1.165, 1.54) is 22.5 Å². The highest BCUT2D eigenvalue weighted by molar-refractivity contribution is 7.15. The Morgan fingerprint density at radius 1 is 1.17 bits per heavy atom. The number of benzene rings is 2. The van der Waals surface area contributed by atoms with Gasteiger partial charge in [-0.15, -0.1) is 22.6 Å². The Morgan fingerprint density at radius 3 is 2.90 bits per heavy atom. The molecule has 0 bridgehead atoms. The number of hydrogen-bond donors (Lipinski definition) is 2. The van der Waals surface area contributed by atoms with Crippen LogP contribution in [0.25, 0.3) is 0 Å². The second-order valence-electron chi connectivity index (χ2n) is 6.23. The van der Waals surface area contributed by atoms with E-state index in [2.05, 4.69) is 20.8 Å². The van der Waals surface area contributed by atoms with Crippen LogP contribution in [0, 0.1) is 0 Å². The zero-order valence-corrected chi connectivity index (χ0v) is 18.2. The number of nitrogens with zero attached hydrogens (tertiary/aromatic N) is 2. The molecule has 0 atom stereocenters. The molecule has 1 amide bonds. The van der Waals surface area contributed by atoms with E-state index in [0.717, 1.165) is 19.5 Å². The lowest BCUT2D eigenvalue weighted by molar-refractivity contribution is 0.102. The van der Waals surface area contributed by atoms with Crippen molar-refractivity contribution in [1.82, 2.24) is 15.5 Å². The largest absolute Gasteiger partial charge is 0.485 e. The summed E-state index contributed by atoms with van der Waals surface area (Å²) >= 11 is 13.3. The van der Waals surface area contributed by atoms with Gasteiger partial charge in [-0.05, 0) is 48.4 Å². The summed E-state index contributed by atoms with van der Waals surface area (Å²) in [6.07, 6.45) is 0.919. The van der Waals surface area contributed by atoms with E-state index < -0.39 is 0 Å². The second-order valence-corrected chi connectivity index (χ2v) is 8.13. The minimum absolute atomic E-state index is 0. The third kappa shape index (κ3) is 5.38. The minimum atomic E-state index is -0.206. The number of hydrogen-bond acceptors (Lipinski definition) is 6. The molecule has 1 aromatic heterocycles. The van der Waals surface area contributed by atoms with E-state index in [0.29, 0.717) is 31.5 Å². The smallest absolute Gasteiger partial charge is 0.257 e. The third-order valence-electron chi connectivity index (χ3n) is 4.29. The number of aromatic nitrogens is 2. The van der Waals surface area contributed by atoms with E-state index in [4.69, 9.17) is 27.9 Å². The summed E-state index contributed by atoms with van der Waals surface area (Å²) in [5, 5.41) is 16.2. The van der Waals surface area contributed by atoms with Crippen LogP contribution in [0.3, 0.4) is 0 Å². The Labute approximate surface area is 188 Å². The normalized spacial score (nSPS) is 12.6. The Bertz CT molecular complexity index is 1030. The number of nitrogens with one attached hydrogen (secondary N) is 2. The molecule has 0 saturated carbocycles. The van der Waals surface area contributed by atoms with Crippen molar-refractivity contribution in [3.63, 3.8) is 0 Å². The summed E-state index contributed by atoms with van der Waals surface area (Å²) in [6, 6.07) is 10.8. The van der Waals surface area contributed by atoms with Crippen molar-refractivity contribution < 1.29 is 9.53 Å². The number of amides is 1. The standard InChI is InChI=1S/C19H16Cl2N4O2S.ClH/c20-14-3-4-15(21)16(8-14)27-10-17-24-25-19(28-17)23-18(26)12-1-2-13-9-22-6-5-11(13)7-12;/h1-4,7-8,22H,5-6,9-10H2,(H,23,25,26);1H. The first-order valence-electron chi connectivity index (χ1n) is 8.62. The molecule has 2 heterocycles. The first-order chi connectivity index (χ1) is 13.6. The highest BCUT2D eigenvalue weighted by Crippen LogP contribution is 2.29. The average Bonchev–Trinajstić information content (AvgIpc) is 3.15. The van der Waals surface area contributed by atoms with Crippen molar-refractivity contribution in [2.24, 2.45) is 0 Å². The van der Waals surface area contributed by atoms with Gasteiger partial charge in [-0.2, -0.15) is 0 Å². The molecule has 1 aliphatic heterocycles. The van der Waals surface area contributed by atoms with Crippen molar-refractivity contribution in [3.05, 3.63) is 68.1 Å². The topological polar surface area (TPSA) is 76.1 Å².